The van der Waals surface area contributed by atoms with Crippen LogP contribution in [0.4, 0.5) is 8.78 Å². The predicted molar refractivity (Wildman–Crippen MR) is 67.2 cm³/mol. The van der Waals surface area contributed by atoms with E-state index in [1.807, 2.05) is 19.2 Å². The third-order valence-electron chi connectivity index (χ3n) is 2.53. The SMILES string of the molecule is CNCc1ccc(-c2cc(F)c(C)cc2F)s1. The lowest BCUT2D eigenvalue weighted by Gasteiger charge is -2.03. The van der Waals surface area contributed by atoms with Crippen molar-refractivity contribution >= 4 is 11.3 Å². The molecule has 90 valence electrons. The number of thiophene rings is 1. The average Bonchev–Trinajstić information content (AvgIpc) is 2.72. The van der Waals surface area contributed by atoms with Crippen molar-refractivity contribution in [2.75, 3.05) is 7.05 Å². The van der Waals surface area contributed by atoms with Gasteiger partial charge in [-0.1, -0.05) is 0 Å². The second-order valence-electron chi connectivity index (χ2n) is 3.88. The van der Waals surface area contributed by atoms with E-state index in [0.717, 1.165) is 16.3 Å². The first-order valence-corrected chi connectivity index (χ1v) is 6.13. The fourth-order valence-corrected chi connectivity index (χ4v) is 2.66. The lowest BCUT2D eigenvalue weighted by molar-refractivity contribution is 0.595. The summed E-state index contributed by atoms with van der Waals surface area (Å²) in [6.45, 7) is 2.30. The summed E-state index contributed by atoms with van der Waals surface area (Å²) in [7, 11) is 1.85. The number of hydrogen-bond donors (Lipinski definition) is 1. The van der Waals surface area contributed by atoms with Crippen LogP contribution in [0.2, 0.25) is 0 Å². The highest BCUT2D eigenvalue weighted by atomic mass is 32.1. The molecule has 0 bridgehead atoms. The van der Waals surface area contributed by atoms with Gasteiger partial charge in [-0.05, 0) is 43.8 Å². The van der Waals surface area contributed by atoms with Gasteiger partial charge in [0, 0.05) is 21.9 Å². The number of hydrogen-bond acceptors (Lipinski definition) is 2. The molecule has 1 N–H and O–H groups in total. The second kappa shape index (κ2) is 4.94. The van der Waals surface area contributed by atoms with Gasteiger partial charge in [0.05, 0.1) is 0 Å². The van der Waals surface area contributed by atoms with Crippen LogP contribution in [0, 0.1) is 18.6 Å². The van der Waals surface area contributed by atoms with Crippen molar-refractivity contribution in [2.24, 2.45) is 0 Å². The minimum absolute atomic E-state index is 0.332. The molecule has 17 heavy (non-hydrogen) atoms. The minimum Gasteiger partial charge on any atom is -0.315 e. The summed E-state index contributed by atoms with van der Waals surface area (Å²) in [5.41, 5.74) is 0.665. The van der Waals surface area contributed by atoms with Gasteiger partial charge in [-0.25, -0.2) is 8.78 Å². The van der Waals surface area contributed by atoms with Crippen molar-refractivity contribution < 1.29 is 8.78 Å². The van der Waals surface area contributed by atoms with Crippen molar-refractivity contribution in [1.82, 2.24) is 5.32 Å². The summed E-state index contributed by atoms with van der Waals surface area (Å²) >= 11 is 1.47. The molecular formula is C13H13F2NS. The van der Waals surface area contributed by atoms with Crippen molar-refractivity contribution in [2.45, 2.75) is 13.5 Å². The van der Waals surface area contributed by atoms with Crippen LogP contribution in [-0.4, -0.2) is 7.05 Å². The molecule has 1 nitrogen and oxygen atoms in total. The molecule has 2 rings (SSSR count). The number of halogens is 2. The van der Waals surface area contributed by atoms with Crippen LogP contribution in [0.15, 0.2) is 24.3 Å². The van der Waals surface area contributed by atoms with Crippen molar-refractivity contribution in [1.29, 1.82) is 0 Å². The van der Waals surface area contributed by atoms with Crippen molar-refractivity contribution in [3.63, 3.8) is 0 Å². The normalized spacial score (nSPS) is 10.8. The quantitative estimate of drug-likeness (QED) is 0.879. The standard InChI is InChI=1S/C13H13F2NS/c1-8-5-12(15)10(6-11(8)14)13-4-3-9(17-13)7-16-2/h3-6,16H,7H2,1-2H3. The van der Waals surface area contributed by atoms with Gasteiger partial charge >= 0.3 is 0 Å². The van der Waals surface area contributed by atoms with Gasteiger partial charge in [0.15, 0.2) is 0 Å². The Morgan fingerprint density at radius 3 is 2.65 bits per heavy atom. The Labute approximate surface area is 103 Å². The molecule has 0 saturated carbocycles. The van der Waals surface area contributed by atoms with Gasteiger partial charge in [0.1, 0.15) is 11.6 Å². The fourth-order valence-electron chi connectivity index (χ4n) is 1.63. The summed E-state index contributed by atoms with van der Waals surface area (Å²) in [6, 6.07) is 6.25. The third-order valence-corrected chi connectivity index (χ3v) is 3.64. The predicted octanol–water partition coefficient (Wildman–Crippen LogP) is 3.72. The molecule has 0 radical (unpaired) electrons. The molecule has 1 aromatic carbocycles. The van der Waals surface area contributed by atoms with Crippen LogP contribution < -0.4 is 5.32 Å². The number of benzene rings is 1. The molecule has 1 heterocycles. The maximum Gasteiger partial charge on any atom is 0.132 e. The number of aryl methyl sites for hydroxylation is 1. The Morgan fingerprint density at radius 1 is 1.18 bits per heavy atom. The largest absolute Gasteiger partial charge is 0.315 e. The molecule has 2 aromatic rings. The Bertz CT molecular complexity index is 534. The van der Waals surface area contributed by atoms with Crippen molar-refractivity contribution in [3.8, 4) is 10.4 Å². The lowest BCUT2D eigenvalue weighted by atomic mass is 10.1. The molecular weight excluding hydrogens is 240 g/mol. The van der Waals surface area contributed by atoms with Crippen LogP contribution in [0.25, 0.3) is 10.4 Å². The van der Waals surface area contributed by atoms with E-state index in [4.69, 9.17) is 0 Å². The minimum atomic E-state index is -0.373. The van der Waals surface area contributed by atoms with Gasteiger partial charge in [0.25, 0.3) is 0 Å². The van der Waals surface area contributed by atoms with Crippen LogP contribution in [0.3, 0.4) is 0 Å². The Balaban J connectivity index is 2.41. The molecule has 0 aliphatic heterocycles. The highest BCUT2D eigenvalue weighted by Gasteiger charge is 2.11. The van der Waals surface area contributed by atoms with Crippen molar-refractivity contribution in [3.05, 3.63) is 46.3 Å². The first-order valence-electron chi connectivity index (χ1n) is 5.31. The molecule has 0 aliphatic rings. The number of nitrogens with one attached hydrogen (secondary N) is 1. The highest BCUT2D eigenvalue weighted by molar-refractivity contribution is 7.15. The van der Waals surface area contributed by atoms with Crippen LogP contribution in [-0.2, 0) is 6.54 Å². The fraction of sp³-hybridized carbons (Fsp3) is 0.231. The van der Waals surface area contributed by atoms with Crippen LogP contribution >= 0.6 is 11.3 Å². The first kappa shape index (κ1) is 12.2. The van der Waals surface area contributed by atoms with E-state index < -0.39 is 0 Å². The van der Waals surface area contributed by atoms with Crippen LogP contribution in [0.1, 0.15) is 10.4 Å². The van der Waals surface area contributed by atoms with E-state index in [1.54, 1.807) is 6.92 Å². The lowest BCUT2D eigenvalue weighted by Crippen LogP contribution is -2.02. The monoisotopic (exact) mass is 253 g/mol. The van der Waals surface area contributed by atoms with E-state index in [1.165, 1.54) is 23.5 Å². The number of rotatable bonds is 3. The Hall–Kier alpha value is -1.26. The van der Waals surface area contributed by atoms with E-state index >= 15 is 0 Å². The molecule has 0 amide bonds. The Morgan fingerprint density at radius 2 is 1.94 bits per heavy atom. The summed E-state index contributed by atoms with van der Waals surface area (Å²) in [6.07, 6.45) is 0. The zero-order chi connectivity index (χ0) is 12.4. The second-order valence-corrected chi connectivity index (χ2v) is 5.05. The van der Waals surface area contributed by atoms with E-state index in [0.29, 0.717) is 11.1 Å². The molecule has 0 spiro atoms. The molecule has 0 aliphatic carbocycles. The molecule has 0 fully saturated rings. The Kier molecular flexibility index (Phi) is 3.54. The molecule has 0 saturated heterocycles. The van der Waals surface area contributed by atoms with Gasteiger partial charge in [-0.15, -0.1) is 11.3 Å². The van der Waals surface area contributed by atoms with Gasteiger partial charge in [-0.2, -0.15) is 0 Å². The van der Waals surface area contributed by atoms with E-state index in [2.05, 4.69) is 5.32 Å². The maximum absolute atomic E-state index is 13.7. The summed E-state index contributed by atoms with van der Waals surface area (Å²) in [4.78, 5) is 1.86. The summed E-state index contributed by atoms with van der Waals surface area (Å²) in [5, 5.41) is 3.03. The zero-order valence-electron chi connectivity index (χ0n) is 9.68. The topological polar surface area (TPSA) is 12.0 Å². The average molecular weight is 253 g/mol. The van der Waals surface area contributed by atoms with E-state index in [9.17, 15) is 8.78 Å². The zero-order valence-corrected chi connectivity index (χ0v) is 10.5. The molecule has 4 heteroatoms. The molecule has 0 unspecified atom stereocenters. The summed E-state index contributed by atoms with van der Waals surface area (Å²) < 4.78 is 27.2. The molecule has 0 atom stereocenters. The third kappa shape index (κ3) is 2.53. The smallest absolute Gasteiger partial charge is 0.132 e. The summed E-state index contributed by atoms with van der Waals surface area (Å²) in [5.74, 6) is -0.744. The van der Waals surface area contributed by atoms with Gasteiger partial charge < -0.3 is 5.32 Å². The van der Waals surface area contributed by atoms with Gasteiger partial charge in [0.2, 0.25) is 0 Å². The van der Waals surface area contributed by atoms with E-state index in [-0.39, 0.29) is 11.6 Å². The maximum atomic E-state index is 13.7. The van der Waals surface area contributed by atoms with Crippen LogP contribution in [0.5, 0.6) is 0 Å². The molecule has 1 aromatic heterocycles. The highest BCUT2D eigenvalue weighted by Crippen LogP contribution is 2.31. The van der Waals surface area contributed by atoms with Gasteiger partial charge in [-0.3, -0.25) is 0 Å². The first-order chi connectivity index (χ1) is 8.11.